The number of benzene rings is 3. The van der Waals surface area contributed by atoms with Gasteiger partial charge in [-0.05, 0) is 72.4 Å². The SMILES string of the molecule is CCOC(=O)c1nnn(Cc2ccc(OC)cc2)c1Oc1ccc(-c2cccc(CN3CCCCC3=O)c2)cc1. The summed E-state index contributed by atoms with van der Waals surface area (Å²) in [6.45, 7) is 3.72. The van der Waals surface area contributed by atoms with E-state index >= 15 is 0 Å². The van der Waals surface area contributed by atoms with Gasteiger partial charge in [-0.15, -0.1) is 5.10 Å². The van der Waals surface area contributed by atoms with Crippen molar-refractivity contribution in [3.63, 3.8) is 0 Å². The van der Waals surface area contributed by atoms with Crippen molar-refractivity contribution in [2.45, 2.75) is 39.3 Å². The Morgan fingerprint density at radius 2 is 1.68 bits per heavy atom. The number of ether oxygens (including phenoxy) is 3. The zero-order valence-corrected chi connectivity index (χ0v) is 22.7. The highest BCUT2D eigenvalue weighted by atomic mass is 16.5. The molecule has 0 atom stereocenters. The summed E-state index contributed by atoms with van der Waals surface area (Å²) in [5.41, 5.74) is 4.11. The normalized spacial score (nSPS) is 13.2. The fourth-order valence-electron chi connectivity index (χ4n) is 4.67. The molecule has 0 spiro atoms. The van der Waals surface area contributed by atoms with Gasteiger partial charge in [0.2, 0.25) is 11.6 Å². The van der Waals surface area contributed by atoms with E-state index in [1.54, 1.807) is 14.0 Å². The number of carbonyl (C=O) groups is 2. The van der Waals surface area contributed by atoms with Crippen LogP contribution in [0.25, 0.3) is 11.1 Å². The molecule has 4 aromatic rings. The number of nitrogens with zero attached hydrogens (tertiary/aromatic N) is 4. The smallest absolute Gasteiger partial charge is 0.364 e. The number of amides is 1. The zero-order valence-electron chi connectivity index (χ0n) is 22.7. The third kappa shape index (κ3) is 6.31. The summed E-state index contributed by atoms with van der Waals surface area (Å²) >= 11 is 0. The predicted molar refractivity (Wildman–Crippen MR) is 149 cm³/mol. The molecule has 9 nitrogen and oxygen atoms in total. The van der Waals surface area contributed by atoms with Crippen LogP contribution in [-0.2, 0) is 22.6 Å². The topological polar surface area (TPSA) is 95.8 Å². The largest absolute Gasteiger partial charge is 0.497 e. The highest BCUT2D eigenvalue weighted by Crippen LogP contribution is 2.29. The van der Waals surface area contributed by atoms with Gasteiger partial charge in [0.05, 0.1) is 20.3 Å². The second kappa shape index (κ2) is 12.5. The molecule has 0 radical (unpaired) electrons. The molecule has 206 valence electrons. The Morgan fingerprint density at radius 3 is 2.40 bits per heavy atom. The second-order valence-electron chi connectivity index (χ2n) is 9.57. The quantitative estimate of drug-likeness (QED) is 0.246. The monoisotopic (exact) mass is 540 g/mol. The van der Waals surface area contributed by atoms with E-state index in [-0.39, 0.29) is 24.1 Å². The maximum atomic E-state index is 12.6. The number of rotatable bonds is 10. The van der Waals surface area contributed by atoms with Crippen LogP contribution in [-0.4, -0.2) is 52.0 Å². The maximum absolute atomic E-state index is 12.6. The number of methoxy groups -OCH3 is 1. The van der Waals surface area contributed by atoms with Crippen molar-refractivity contribution in [2.75, 3.05) is 20.3 Å². The van der Waals surface area contributed by atoms with Crippen molar-refractivity contribution < 1.29 is 23.8 Å². The van der Waals surface area contributed by atoms with Gasteiger partial charge < -0.3 is 19.1 Å². The first-order chi connectivity index (χ1) is 19.5. The highest BCUT2D eigenvalue weighted by Gasteiger charge is 2.24. The van der Waals surface area contributed by atoms with Gasteiger partial charge in [0.1, 0.15) is 11.5 Å². The summed E-state index contributed by atoms with van der Waals surface area (Å²) in [7, 11) is 1.61. The molecule has 3 aromatic carbocycles. The number of hydrogen-bond donors (Lipinski definition) is 0. The fourth-order valence-corrected chi connectivity index (χ4v) is 4.67. The Morgan fingerprint density at radius 1 is 0.900 bits per heavy atom. The molecule has 5 rings (SSSR count). The van der Waals surface area contributed by atoms with E-state index in [1.165, 1.54) is 4.68 Å². The molecule has 0 saturated carbocycles. The second-order valence-corrected chi connectivity index (χ2v) is 9.57. The van der Waals surface area contributed by atoms with Crippen molar-refractivity contribution in [3.05, 3.63) is 89.6 Å². The van der Waals surface area contributed by atoms with Crippen LogP contribution < -0.4 is 9.47 Å². The van der Waals surface area contributed by atoms with Crippen LogP contribution in [0.5, 0.6) is 17.4 Å². The number of carbonyl (C=O) groups excluding carboxylic acids is 2. The van der Waals surface area contributed by atoms with Gasteiger partial charge >= 0.3 is 5.97 Å². The van der Waals surface area contributed by atoms with Gasteiger partial charge in [-0.1, -0.05) is 47.7 Å². The molecule has 0 unspecified atom stereocenters. The Kier molecular flexibility index (Phi) is 8.39. The molecule has 2 heterocycles. The molecule has 0 aliphatic carbocycles. The van der Waals surface area contributed by atoms with Crippen molar-refractivity contribution in [1.82, 2.24) is 19.9 Å². The molecular formula is C31H32N4O5. The van der Waals surface area contributed by atoms with Gasteiger partial charge in [-0.25, -0.2) is 9.48 Å². The Labute approximate surface area is 233 Å². The van der Waals surface area contributed by atoms with Gasteiger partial charge in [0.15, 0.2) is 0 Å². The summed E-state index contributed by atoms with van der Waals surface area (Å²) in [5, 5.41) is 8.21. The lowest BCUT2D eigenvalue weighted by atomic mass is 10.0. The summed E-state index contributed by atoms with van der Waals surface area (Å²) in [6, 6.07) is 23.4. The third-order valence-electron chi connectivity index (χ3n) is 6.77. The first kappa shape index (κ1) is 26.9. The molecule has 0 N–H and O–H groups in total. The molecule has 1 amide bonds. The lowest BCUT2D eigenvalue weighted by Gasteiger charge is -2.26. The maximum Gasteiger partial charge on any atom is 0.364 e. The molecule has 40 heavy (non-hydrogen) atoms. The number of aromatic nitrogens is 3. The zero-order chi connectivity index (χ0) is 27.9. The summed E-state index contributed by atoms with van der Waals surface area (Å²) in [4.78, 5) is 26.8. The molecule has 1 aliphatic heterocycles. The van der Waals surface area contributed by atoms with E-state index in [0.717, 1.165) is 47.4 Å². The van der Waals surface area contributed by atoms with Crippen molar-refractivity contribution >= 4 is 11.9 Å². The number of likely N-dealkylation sites (tertiary alicyclic amines) is 1. The van der Waals surface area contributed by atoms with Crippen LogP contribution in [0.3, 0.4) is 0 Å². The molecule has 9 heteroatoms. The minimum Gasteiger partial charge on any atom is -0.497 e. The lowest BCUT2D eigenvalue weighted by Crippen LogP contribution is -2.34. The van der Waals surface area contributed by atoms with Gasteiger partial charge in [0.25, 0.3) is 5.88 Å². The molecule has 1 fully saturated rings. The van der Waals surface area contributed by atoms with Crippen LogP contribution in [0.4, 0.5) is 0 Å². The fraction of sp³-hybridized carbons (Fsp3) is 0.290. The third-order valence-corrected chi connectivity index (χ3v) is 6.77. The van der Waals surface area contributed by atoms with E-state index in [4.69, 9.17) is 14.2 Å². The van der Waals surface area contributed by atoms with E-state index < -0.39 is 5.97 Å². The van der Waals surface area contributed by atoms with Gasteiger partial charge in [-0.2, -0.15) is 0 Å². The van der Waals surface area contributed by atoms with Crippen LogP contribution in [0.15, 0.2) is 72.8 Å². The van der Waals surface area contributed by atoms with Gasteiger partial charge in [-0.3, -0.25) is 4.79 Å². The average molecular weight is 541 g/mol. The average Bonchev–Trinajstić information content (AvgIpc) is 3.37. The first-order valence-electron chi connectivity index (χ1n) is 13.4. The van der Waals surface area contributed by atoms with Crippen molar-refractivity contribution in [1.29, 1.82) is 0 Å². The van der Waals surface area contributed by atoms with Crippen molar-refractivity contribution in [2.24, 2.45) is 0 Å². The van der Waals surface area contributed by atoms with Crippen LogP contribution >= 0.6 is 0 Å². The minimum absolute atomic E-state index is 0.0133. The van der Waals surface area contributed by atoms with Gasteiger partial charge in [0, 0.05) is 19.5 Å². The Balaban J connectivity index is 1.35. The van der Waals surface area contributed by atoms with Crippen LogP contribution in [0.2, 0.25) is 0 Å². The Bertz CT molecular complexity index is 1460. The van der Waals surface area contributed by atoms with E-state index in [1.807, 2.05) is 65.6 Å². The number of esters is 1. The molecule has 1 aromatic heterocycles. The van der Waals surface area contributed by atoms with Crippen molar-refractivity contribution in [3.8, 4) is 28.5 Å². The molecule has 1 aliphatic rings. The molecular weight excluding hydrogens is 508 g/mol. The molecule has 0 bridgehead atoms. The first-order valence-corrected chi connectivity index (χ1v) is 13.4. The lowest BCUT2D eigenvalue weighted by molar-refractivity contribution is -0.133. The summed E-state index contributed by atoms with van der Waals surface area (Å²) in [5.74, 6) is 1.11. The minimum atomic E-state index is -0.598. The molecule has 1 saturated heterocycles. The van der Waals surface area contributed by atoms with E-state index in [0.29, 0.717) is 25.3 Å². The summed E-state index contributed by atoms with van der Waals surface area (Å²) < 4.78 is 18.1. The van der Waals surface area contributed by atoms with E-state index in [2.05, 4.69) is 22.4 Å². The predicted octanol–water partition coefficient (Wildman–Crippen LogP) is 5.48. The summed E-state index contributed by atoms with van der Waals surface area (Å²) in [6.07, 6.45) is 2.66. The van der Waals surface area contributed by atoms with Crippen LogP contribution in [0.1, 0.15) is 47.8 Å². The number of piperidine rings is 1. The Hall–Kier alpha value is -4.66. The van der Waals surface area contributed by atoms with E-state index in [9.17, 15) is 9.59 Å². The van der Waals surface area contributed by atoms with Crippen LogP contribution in [0, 0.1) is 0 Å². The standard InChI is InChI=1S/C31H32N4O5/c1-3-39-31(37)29-30(35(33-32-29)21-22-10-14-26(38-2)15-11-22)40-27-16-12-24(13-17-27)25-8-6-7-23(19-25)20-34-18-5-4-9-28(34)36/h6-8,10-17,19H,3-5,9,18,20-21H2,1-2H3. The highest BCUT2D eigenvalue weighted by molar-refractivity contribution is 5.89. The number of hydrogen-bond acceptors (Lipinski definition) is 7.